The smallest absolute Gasteiger partial charge is 0.220 e. The molecule has 5 nitrogen and oxygen atoms in total. The van der Waals surface area contributed by atoms with Crippen molar-refractivity contribution >= 4 is 33.3 Å². The van der Waals surface area contributed by atoms with Gasteiger partial charge in [-0.1, -0.05) is 34.1 Å². The average Bonchev–Trinajstić information content (AvgIpc) is 3.01. The molecule has 2 heterocycles. The largest absolute Gasteiger partial charge is 0.350 e. The van der Waals surface area contributed by atoms with Crippen LogP contribution in [-0.2, 0) is 11.3 Å². The summed E-state index contributed by atoms with van der Waals surface area (Å²) >= 11 is 3.33. The Morgan fingerprint density at radius 3 is 2.62 bits per heavy atom. The molecule has 2 aromatic heterocycles. The molecule has 1 amide bonds. The molecule has 3 aromatic rings. The van der Waals surface area contributed by atoms with Gasteiger partial charge >= 0.3 is 0 Å². The number of benzene rings is 1. The van der Waals surface area contributed by atoms with E-state index in [0.717, 1.165) is 15.8 Å². The van der Waals surface area contributed by atoms with E-state index in [0.29, 0.717) is 12.1 Å². The number of pyridine rings is 1. The van der Waals surface area contributed by atoms with E-state index in [1.807, 2.05) is 47.1 Å². The minimum Gasteiger partial charge on any atom is -0.350 e. The topological polar surface area (TPSA) is 63.5 Å². The van der Waals surface area contributed by atoms with Crippen LogP contribution in [0.1, 0.15) is 28.9 Å². The van der Waals surface area contributed by atoms with E-state index >= 15 is 0 Å². The van der Waals surface area contributed by atoms with Crippen molar-refractivity contribution in [3.05, 3.63) is 70.6 Å². The number of imidazole rings is 1. The molecular weight excluding hydrogens is 370 g/mol. The summed E-state index contributed by atoms with van der Waals surface area (Å²) in [6, 6.07) is 12.9. The highest BCUT2D eigenvalue weighted by atomic mass is 79.9. The first-order valence-corrected chi connectivity index (χ1v) is 8.39. The van der Waals surface area contributed by atoms with E-state index in [1.165, 1.54) is 0 Å². The summed E-state index contributed by atoms with van der Waals surface area (Å²) in [5.41, 5.74) is 2.24. The first kappa shape index (κ1) is 16.4. The molecule has 0 unspecified atom stereocenters. The molecule has 0 spiro atoms. The normalized spacial score (nSPS) is 10.7. The summed E-state index contributed by atoms with van der Waals surface area (Å²) in [5.74, 6) is -0.192. The molecule has 0 aliphatic heterocycles. The molecule has 6 heteroatoms. The van der Waals surface area contributed by atoms with Gasteiger partial charge in [0.25, 0.3) is 0 Å². The second-order valence-corrected chi connectivity index (χ2v) is 6.32. The highest BCUT2D eigenvalue weighted by Crippen LogP contribution is 2.12. The second kappa shape index (κ2) is 7.40. The van der Waals surface area contributed by atoms with Gasteiger partial charge in [-0.05, 0) is 24.3 Å². The zero-order chi connectivity index (χ0) is 16.9. The molecule has 0 bridgehead atoms. The summed E-state index contributed by atoms with van der Waals surface area (Å²) in [6.45, 7) is 0.354. The number of carbonyl (C=O) groups is 2. The number of carbonyl (C=O) groups excluding carboxylic acids is 2. The van der Waals surface area contributed by atoms with E-state index in [4.69, 9.17) is 0 Å². The van der Waals surface area contributed by atoms with E-state index in [-0.39, 0.29) is 24.5 Å². The minimum absolute atomic E-state index is 0.0367. The fourth-order valence-corrected chi connectivity index (χ4v) is 2.62. The third-order valence-corrected chi connectivity index (χ3v) is 4.15. The molecule has 122 valence electrons. The Balaban J connectivity index is 1.48. The summed E-state index contributed by atoms with van der Waals surface area (Å²) in [6.07, 6.45) is 4.15. The van der Waals surface area contributed by atoms with E-state index < -0.39 is 0 Å². The number of halogens is 1. The van der Waals surface area contributed by atoms with Gasteiger partial charge in [-0.15, -0.1) is 0 Å². The van der Waals surface area contributed by atoms with Gasteiger partial charge in [-0.25, -0.2) is 4.98 Å². The predicted octanol–water partition coefficient (Wildman–Crippen LogP) is 3.38. The highest BCUT2D eigenvalue weighted by Gasteiger charge is 2.10. The molecule has 1 N–H and O–H groups in total. The van der Waals surface area contributed by atoms with E-state index in [9.17, 15) is 9.59 Å². The Bertz CT molecular complexity index is 838. The lowest BCUT2D eigenvalue weighted by Crippen LogP contribution is -2.23. The molecule has 0 aliphatic rings. The molecule has 0 saturated carbocycles. The lowest BCUT2D eigenvalue weighted by molar-refractivity contribution is -0.121. The SMILES string of the molecule is O=C(CCC(=O)c1ccc(Br)cc1)NCc1cn2ccccc2n1. The van der Waals surface area contributed by atoms with Gasteiger partial charge in [-0.3, -0.25) is 9.59 Å². The molecule has 0 saturated heterocycles. The Morgan fingerprint density at radius 2 is 1.88 bits per heavy atom. The van der Waals surface area contributed by atoms with Crippen LogP contribution in [0.3, 0.4) is 0 Å². The van der Waals surface area contributed by atoms with Crippen LogP contribution in [-0.4, -0.2) is 21.1 Å². The van der Waals surface area contributed by atoms with Gasteiger partial charge in [0.1, 0.15) is 5.65 Å². The minimum atomic E-state index is -0.155. The maximum Gasteiger partial charge on any atom is 0.220 e. The van der Waals surface area contributed by atoms with Crippen molar-refractivity contribution in [2.75, 3.05) is 0 Å². The number of Topliss-reactive ketones (excluding diaryl/α,β-unsaturated/α-hetero) is 1. The maximum absolute atomic E-state index is 12.0. The molecule has 0 radical (unpaired) electrons. The number of aromatic nitrogens is 2. The van der Waals surface area contributed by atoms with Gasteiger partial charge in [0.2, 0.25) is 5.91 Å². The lowest BCUT2D eigenvalue weighted by Gasteiger charge is -2.03. The van der Waals surface area contributed by atoms with Crippen molar-refractivity contribution in [3.8, 4) is 0 Å². The van der Waals surface area contributed by atoms with Crippen molar-refractivity contribution < 1.29 is 9.59 Å². The summed E-state index contributed by atoms with van der Waals surface area (Å²) in [4.78, 5) is 28.4. The summed E-state index contributed by atoms with van der Waals surface area (Å²) in [5, 5.41) is 2.80. The van der Waals surface area contributed by atoms with Gasteiger partial charge in [0.15, 0.2) is 5.78 Å². The highest BCUT2D eigenvalue weighted by molar-refractivity contribution is 9.10. The van der Waals surface area contributed by atoms with Crippen molar-refractivity contribution in [1.29, 1.82) is 0 Å². The number of rotatable bonds is 6. The molecular formula is C18H16BrN3O2. The zero-order valence-corrected chi connectivity index (χ0v) is 14.5. The fraction of sp³-hybridized carbons (Fsp3) is 0.167. The third-order valence-electron chi connectivity index (χ3n) is 3.63. The zero-order valence-electron chi connectivity index (χ0n) is 12.9. The van der Waals surface area contributed by atoms with Gasteiger partial charge in [-0.2, -0.15) is 0 Å². The van der Waals surface area contributed by atoms with Crippen LogP contribution in [0.15, 0.2) is 59.3 Å². The first-order valence-electron chi connectivity index (χ1n) is 7.60. The quantitative estimate of drug-likeness (QED) is 0.661. The average molecular weight is 386 g/mol. The van der Waals surface area contributed by atoms with Crippen LogP contribution >= 0.6 is 15.9 Å². The van der Waals surface area contributed by atoms with Crippen LogP contribution in [0, 0.1) is 0 Å². The number of nitrogens with zero attached hydrogens (tertiary/aromatic N) is 2. The Labute approximate surface area is 147 Å². The van der Waals surface area contributed by atoms with Crippen LogP contribution in [0.4, 0.5) is 0 Å². The Kier molecular flexibility index (Phi) is 5.05. The van der Waals surface area contributed by atoms with Crippen molar-refractivity contribution in [1.82, 2.24) is 14.7 Å². The maximum atomic E-state index is 12.0. The van der Waals surface area contributed by atoms with Crippen LogP contribution in [0.5, 0.6) is 0 Å². The van der Waals surface area contributed by atoms with Gasteiger partial charge in [0.05, 0.1) is 12.2 Å². The monoisotopic (exact) mass is 385 g/mol. The van der Waals surface area contributed by atoms with Crippen LogP contribution < -0.4 is 5.32 Å². The van der Waals surface area contributed by atoms with E-state index in [1.54, 1.807) is 12.1 Å². The van der Waals surface area contributed by atoms with Crippen molar-refractivity contribution in [2.45, 2.75) is 19.4 Å². The first-order chi connectivity index (χ1) is 11.6. The van der Waals surface area contributed by atoms with Crippen molar-refractivity contribution in [2.24, 2.45) is 0 Å². The lowest BCUT2D eigenvalue weighted by atomic mass is 10.1. The number of nitrogens with one attached hydrogen (secondary N) is 1. The van der Waals surface area contributed by atoms with E-state index in [2.05, 4.69) is 26.2 Å². The van der Waals surface area contributed by atoms with Gasteiger partial charge < -0.3 is 9.72 Å². The number of fused-ring (bicyclic) bond motifs is 1. The molecule has 24 heavy (non-hydrogen) atoms. The van der Waals surface area contributed by atoms with Gasteiger partial charge in [0, 0.05) is 35.3 Å². The molecule has 0 atom stereocenters. The number of hydrogen-bond acceptors (Lipinski definition) is 3. The predicted molar refractivity (Wildman–Crippen MR) is 94.7 cm³/mol. The van der Waals surface area contributed by atoms with Crippen molar-refractivity contribution in [3.63, 3.8) is 0 Å². The van der Waals surface area contributed by atoms with Crippen LogP contribution in [0.2, 0.25) is 0 Å². The second-order valence-electron chi connectivity index (χ2n) is 5.41. The third kappa shape index (κ3) is 4.08. The Hall–Kier alpha value is -2.47. The number of ketones is 1. The molecule has 0 fully saturated rings. The van der Waals surface area contributed by atoms with Crippen LogP contribution in [0.25, 0.3) is 5.65 Å². The number of amides is 1. The molecule has 3 rings (SSSR count). The summed E-state index contributed by atoms with van der Waals surface area (Å²) in [7, 11) is 0. The Morgan fingerprint density at radius 1 is 1.08 bits per heavy atom. The number of hydrogen-bond donors (Lipinski definition) is 1. The summed E-state index contributed by atoms with van der Waals surface area (Å²) < 4.78 is 2.82. The molecule has 0 aliphatic carbocycles. The molecule has 1 aromatic carbocycles. The standard InChI is InChI=1S/C18H16BrN3O2/c19-14-6-4-13(5-7-14)16(23)8-9-18(24)20-11-15-12-22-10-2-1-3-17(22)21-15/h1-7,10,12H,8-9,11H2,(H,20,24). The fourth-order valence-electron chi connectivity index (χ4n) is 2.36.